The van der Waals surface area contributed by atoms with Crippen molar-refractivity contribution in [2.75, 3.05) is 13.1 Å². The van der Waals surface area contributed by atoms with Gasteiger partial charge in [0.05, 0.1) is 12.1 Å². The van der Waals surface area contributed by atoms with Gasteiger partial charge in [-0.05, 0) is 43.9 Å². The average Bonchev–Trinajstić information content (AvgIpc) is 3.57. The van der Waals surface area contributed by atoms with Crippen LogP contribution in [-0.4, -0.2) is 75.4 Å². The van der Waals surface area contributed by atoms with Gasteiger partial charge in [-0.15, -0.1) is 0 Å². The van der Waals surface area contributed by atoms with Crippen molar-refractivity contribution in [2.45, 2.75) is 71.8 Å². The number of benzene rings is 2. The number of pyridine rings is 1. The van der Waals surface area contributed by atoms with Crippen molar-refractivity contribution in [3.63, 3.8) is 0 Å². The molecule has 0 saturated carbocycles. The van der Waals surface area contributed by atoms with Crippen LogP contribution in [0.25, 0.3) is 10.9 Å². The van der Waals surface area contributed by atoms with Crippen LogP contribution in [-0.2, 0) is 38.7 Å². The van der Waals surface area contributed by atoms with Gasteiger partial charge in [-0.1, -0.05) is 61.5 Å². The van der Waals surface area contributed by atoms with E-state index in [1.807, 2.05) is 44.2 Å². The van der Waals surface area contributed by atoms with Crippen LogP contribution in [0.3, 0.4) is 0 Å². The van der Waals surface area contributed by atoms with Gasteiger partial charge < -0.3 is 35.3 Å². The van der Waals surface area contributed by atoms with Gasteiger partial charge in [0, 0.05) is 42.7 Å². The number of nitrogens with one attached hydrogen (secondary N) is 4. The Labute approximate surface area is 294 Å². The molecule has 0 spiro atoms. The second-order valence-electron chi connectivity index (χ2n) is 13.2. The Bertz CT molecular complexity index is 1970. The first-order valence-corrected chi connectivity index (χ1v) is 17.0. The maximum atomic E-state index is 14.0. The molecule has 51 heavy (non-hydrogen) atoms. The Morgan fingerprint density at radius 3 is 2.35 bits per heavy atom. The van der Waals surface area contributed by atoms with Crippen molar-refractivity contribution in [3.8, 4) is 0 Å². The molecule has 2 aromatic carbocycles. The number of amides is 5. The first-order valence-electron chi connectivity index (χ1n) is 17.0. The number of aromatic nitrogens is 2. The van der Waals surface area contributed by atoms with Gasteiger partial charge in [0.2, 0.25) is 23.6 Å². The Balaban J connectivity index is 1.46. The summed E-state index contributed by atoms with van der Waals surface area (Å²) < 4.78 is 7.18. The van der Waals surface area contributed by atoms with Gasteiger partial charge in [0.25, 0.3) is 5.91 Å². The maximum absolute atomic E-state index is 14.0. The van der Waals surface area contributed by atoms with Crippen LogP contribution < -0.4 is 26.7 Å². The van der Waals surface area contributed by atoms with Crippen molar-refractivity contribution in [2.24, 2.45) is 5.92 Å². The number of para-hydroxylation sites is 1. The summed E-state index contributed by atoms with van der Waals surface area (Å²) in [6, 6.07) is 16.0. The van der Waals surface area contributed by atoms with Gasteiger partial charge in [0.15, 0.2) is 16.9 Å². The summed E-state index contributed by atoms with van der Waals surface area (Å²) in [6.07, 6.45) is 0.460. The average molecular weight is 698 g/mol. The number of hydrogen-bond donors (Lipinski definition) is 4. The fourth-order valence-electron chi connectivity index (χ4n) is 5.98. The summed E-state index contributed by atoms with van der Waals surface area (Å²) in [7, 11) is 0. The summed E-state index contributed by atoms with van der Waals surface area (Å²) in [5.74, 6) is -2.43. The van der Waals surface area contributed by atoms with Crippen LogP contribution >= 0.6 is 0 Å². The minimum Gasteiger partial charge on any atom is -0.359 e. The van der Waals surface area contributed by atoms with Crippen molar-refractivity contribution in [1.82, 2.24) is 35.9 Å². The fourth-order valence-corrected chi connectivity index (χ4v) is 5.98. The normalized spacial score (nSPS) is 19.5. The molecule has 0 unspecified atom stereocenters. The zero-order valence-corrected chi connectivity index (χ0v) is 29.1. The second-order valence-corrected chi connectivity index (χ2v) is 13.2. The molecule has 4 aromatic rings. The largest absolute Gasteiger partial charge is 0.359 e. The van der Waals surface area contributed by atoms with Gasteiger partial charge >= 0.3 is 0 Å². The summed E-state index contributed by atoms with van der Waals surface area (Å²) >= 11 is 0. The molecule has 5 rings (SSSR count). The van der Waals surface area contributed by atoms with E-state index >= 15 is 0 Å². The molecule has 1 aliphatic rings. The van der Waals surface area contributed by atoms with E-state index in [-0.39, 0.29) is 67.7 Å². The number of hydrogen-bond acceptors (Lipinski definition) is 8. The quantitative estimate of drug-likeness (QED) is 0.235. The van der Waals surface area contributed by atoms with Crippen LogP contribution in [0.2, 0.25) is 0 Å². The summed E-state index contributed by atoms with van der Waals surface area (Å²) in [6.45, 7) is 6.87. The number of carbonyl (C=O) groups is 5. The predicted molar refractivity (Wildman–Crippen MR) is 188 cm³/mol. The minimum atomic E-state index is -1.05. The SMILES string of the molecule is Cc1cc(=O)c2ccccc2n1CC(=O)N1CCNC(=O)[C@@H](Cc2ccccc2)NC(=O)[C@@H](CC(C)C)NC(=O)[C@@H](C)NC(=O)c2cc(on2)C1. The first-order chi connectivity index (χ1) is 24.4. The van der Waals surface area contributed by atoms with Crippen LogP contribution in [0, 0.1) is 12.8 Å². The van der Waals surface area contributed by atoms with E-state index in [4.69, 9.17) is 4.52 Å². The number of nitrogens with zero attached hydrogens (tertiary/aromatic N) is 3. The van der Waals surface area contributed by atoms with E-state index in [9.17, 15) is 28.8 Å². The Morgan fingerprint density at radius 2 is 1.61 bits per heavy atom. The minimum absolute atomic E-state index is 0.0143. The summed E-state index contributed by atoms with van der Waals surface area (Å²) in [5.41, 5.74) is 1.74. The standard InChI is InChI=1S/C37H43N7O7/c1-22(2)16-28-36(49)41-29(18-25-10-6-5-7-11-25)35(48)38-14-15-43(20-26-19-30(42-51-26)37(50)39-24(4)34(47)40-28)33(46)21-44-23(3)17-32(45)27-12-8-9-13-31(27)44/h5-13,17,19,22,24,28-29H,14-16,18,20-21H2,1-4H3,(H,38,48)(H,39,50)(H,40,47)(H,41,49)/t24-,28-,29-/m1/s1. The molecule has 2 bridgehead atoms. The van der Waals surface area contributed by atoms with Gasteiger partial charge in [-0.2, -0.15) is 0 Å². The fraction of sp³-hybridized carbons (Fsp3) is 0.378. The maximum Gasteiger partial charge on any atom is 0.274 e. The molecular weight excluding hydrogens is 654 g/mol. The number of fused-ring (bicyclic) bond motifs is 3. The van der Waals surface area contributed by atoms with E-state index in [0.717, 1.165) is 5.56 Å². The topological polar surface area (TPSA) is 185 Å². The molecule has 0 aliphatic carbocycles. The lowest BCUT2D eigenvalue weighted by Gasteiger charge is -2.26. The zero-order valence-electron chi connectivity index (χ0n) is 29.1. The van der Waals surface area contributed by atoms with E-state index in [2.05, 4.69) is 26.4 Å². The third-order valence-electron chi connectivity index (χ3n) is 8.69. The number of carbonyl (C=O) groups excluding carboxylic acids is 5. The van der Waals surface area contributed by atoms with Crippen molar-refractivity contribution in [1.29, 1.82) is 0 Å². The summed E-state index contributed by atoms with van der Waals surface area (Å²) in [5, 5.41) is 15.3. The molecule has 3 heterocycles. The number of aryl methyl sites for hydroxylation is 1. The third kappa shape index (κ3) is 9.26. The Kier molecular flexibility index (Phi) is 11.6. The molecule has 0 fully saturated rings. The highest BCUT2D eigenvalue weighted by atomic mass is 16.5. The van der Waals surface area contributed by atoms with Crippen molar-refractivity contribution < 1.29 is 28.5 Å². The molecule has 0 saturated heterocycles. The molecule has 4 N–H and O–H groups in total. The van der Waals surface area contributed by atoms with Crippen LogP contribution in [0.4, 0.5) is 0 Å². The molecule has 2 aromatic heterocycles. The lowest BCUT2D eigenvalue weighted by atomic mass is 10.0. The lowest BCUT2D eigenvalue weighted by molar-refractivity contribution is -0.134. The van der Waals surface area contributed by atoms with Crippen LogP contribution in [0.15, 0.2) is 76.0 Å². The van der Waals surface area contributed by atoms with E-state index in [0.29, 0.717) is 16.6 Å². The first kappa shape index (κ1) is 36.5. The van der Waals surface area contributed by atoms with Crippen molar-refractivity contribution >= 4 is 40.4 Å². The highest BCUT2D eigenvalue weighted by Crippen LogP contribution is 2.15. The highest BCUT2D eigenvalue weighted by molar-refractivity contribution is 5.97. The molecule has 14 nitrogen and oxygen atoms in total. The van der Waals surface area contributed by atoms with E-state index in [1.165, 1.54) is 24.0 Å². The molecule has 5 amide bonds. The van der Waals surface area contributed by atoms with Gasteiger partial charge in [-0.3, -0.25) is 28.8 Å². The molecule has 268 valence electrons. The Morgan fingerprint density at radius 1 is 0.902 bits per heavy atom. The molecule has 3 atom stereocenters. The molecular formula is C37H43N7O7. The highest BCUT2D eigenvalue weighted by Gasteiger charge is 2.30. The van der Waals surface area contributed by atoms with Gasteiger partial charge in [-0.25, -0.2) is 0 Å². The molecule has 1 aliphatic heterocycles. The molecule has 14 heteroatoms. The second kappa shape index (κ2) is 16.3. The van der Waals surface area contributed by atoms with Crippen molar-refractivity contribution in [3.05, 3.63) is 99.7 Å². The third-order valence-corrected chi connectivity index (χ3v) is 8.69. The van der Waals surface area contributed by atoms with E-state index < -0.39 is 41.8 Å². The molecule has 0 radical (unpaired) electrons. The number of rotatable bonds is 6. The summed E-state index contributed by atoms with van der Waals surface area (Å²) in [4.78, 5) is 81.7. The zero-order chi connectivity index (χ0) is 36.7. The smallest absolute Gasteiger partial charge is 0.274 e. The monoisotopic (exact) mass is 697 g/mol. The van der Waals surface area contributed by atoms with Gasteiger partial charge in [0.1, 0.15) is 24.7 Å². The van der Waals surface area contributed by atoms with Crippen LogP contribution in [0.1, 0.15) is 54.7 Å². The predicted octanol–water partition coefficient (Wildman–Crippen LogP) is 1.83. The van der Waals surface area contributed by atoms with Crippen LogP contribution in [0.5, 0.6) is 0 Å². The Hall–Kier alpha value is -5.79. The lowest BCUT2D eigenvalue weighted by Crippen LogP contribution is -2.57. The van der Waals surface area contributed by atoms with E-state index in [1.54, 1.807) is 35.8 Å².